The summed E-state index contributed by atoms with van der Waals surface area (Å²) >= 11 is 0. The summed E-state index contributed by atoms with van der Waals surface area (Å²) in [5, 5.41) is 0. The Morgan fingerprint density at radius 1 is 1.22 bits per heavy atom. The van der Waals surface area contributed by atoms with Gasteiger partial charge in [0, 0.05) is 25.9 Å². The van der Waals surface area contributed by atoms with Gasteiger partial charge in [-0.3, -0.25) is 0 Å². The molecule has 0 amide bonds. The number of anilines is 1. The van der Waals surface area contributed by atoms with Crippen molar-refractivity contribution in [3.8, 4) is 11.8 Å². The second kappa shape index (κ2) is 5.73. The minimum atomic E-state index is 0.552. The standard InChI is InChI=1S/C13H18N2O3/c1-16-9-10-6-7-15(8-10)11-4-5-12(17-2)14-13(11)18-3/h4-5,8H,6-7,9H2,1-3H3. The van der Waals surface area contributed by atoms with Crippen LogP contribution in [0.4, 0.5) is 5.69 Å². The van der Waals surface area contributed by atoms with Crippen molar-refractivity contribution in [3.05, 3.63) is 23.9 Å². The number of methoxy groups -OCH3 is 3. The Balaban J connectivity index is 2.23. The van der Waals surface area contributed by atoms with E-state index in [9.17, 15) is 0 Å². The summed E-state index contributed by atoms with van der Waals surface area (Å²) in [4.78, 5) is 6.40. The molecule has 2 rings (SSSR count). The molecule has 5 nitrogen and oxygen atoms in total. The van der Waals surface area contributed by atoms with Gasteiger partial charge in [0.1, 0.15) is 5.69 Å². The Morgan fingerprint density at radius 2 is 2.06 bits per heavy atom. The lowest BCUT2D eigenvalue weighted by Crippen LogP contribution is -2.13. The first-order chi connectivity index (χ1) is 8.78. The highest BCUT2D eigenvalue weighted by Crippen LogP contribution is 2.32. The highest BCUT2D eigenvalue weighted by molar-refractivity contribution is 5.59. The maximum atomic E-state index is 5.30. The number of hydrogen-bond donors (Lipinski definition) is 0. The molecule has 0 spiro atoms. The van der Waals surface area contributed by atoms with E-state index in [-0.39, 0.29) is 0 Å². The van der Waals surface area contributed by atoms with Gasteiger partial charge in [-0.1, -0.05) is 0 Å². The van der Waals surface area contributed by atoms with Crippen LogP contribution in [0.1, 0.15) is 6.42 Å². The topological polar surface area (TPSA) is 43.8 Å². The first-order valence-corrected chi connectivity index (χ1v) is 5.82. The van der Waals surface area contributed by atoms with E-state index in [1.165, 1.54) is 5.57 Å². The molecule has 98 valence electrons. The van der Waals surface area contributed by atoms with Gasteiger partial charge < -0.3 is 19.1 Å². The van der Waals surface area contributed by atoms with Gasteiger partial charge in [0.2, 0.25) is 11.8 Å². The number of pyridine rings is 1. The third kappa shape index (κ3) is 2.56. The van der Waals surface area contributed by atoms with Crippen LogP contribution in [-0.4, -0.2) is 39.5 Å². The fraction of sp³-hybridized carbons (Fsp3) is 0.462. The molecular formula is C13H18N2O3. The fourth-order valence-corrected chi connectivity index (χ4v) is 2.00. The minimum Gasteiger partial charge on any atom is -0.481 e. The third-order valence-corrected chi connectivity index (χ3v) is 2.87. The summed E-state index contributed by atoms with van der Waals surface area (Å²) in [6, 6.07) is 3.79. The summed E-state index contributed by atoms with van der Waals surface area (Å²) in [6.07, 6.45) is 3.10. The summed E-state index contributed by atoms with van der Waals surface area (Å²) in [5.74, 6) is 1.13. The molecule has 18 heavy (non-hydrogen) atoms. The lowest BCUT2D eigenvalue weighted by atomic mass is 10.2. The van der Waals surface area contributed by atoms with Crippen LogP contribution in [0, 0.1) is 0 Å². The summed E-state index contributed by atoms with van der Waals surface area (Å²) < 4.78 is 15.5. The van der Waals surface area contributed by atoms with Gasteiger partial charge in [0.15, 0.2) is 0 Å². The number of hydrogen-bond acceptors (Lipinski definition) is 5. The van der Waals surface area contributed by atoms with Gasteiger partial charge in [-0.05, 0) is 18.1 Å². The first-order valence-electron chi connectivity index (χ1n) is 5.82. The molecule has 0 bridgehead atoms. The molecule has 1 aromatic rings. The van der Waals surface area contributed by atoms with E-state index in [0.29, 0.717) is 18.4 Å². The molecule has 5 heteroatoms. The van der Waals surface area contributed by atoms with Gasteiger partial charge >= 0.3 is 0 Å². The van der Waals surface area contributed by atoms with Crippen molar-refractivity contribution >= 4 is 5.69 Å². The molecule has 0 saturated carbocycles. The highest BCUT2D eigenvalue weighted by atomic mass is 16.5. The van der Waals surface area contributed by atoms with E-state index < -0.39 is 0 Å². The van der Waals surface area contributed by atoms with E-state index in [2.05, 4.69) is 16.1 Å². The molecule has 1 aromatic heterocycles. The quantitative estimate of drug-likeness (QED) is 0.797. The molecule has 0 fully saturated rings. The average molecular weight is 250 g/mol. The van der Waals surface area contributed by atoms with E-state index in [0.717, 1.165) is 18.7 Å². The maximum absolute atomic E-state index is 5.30. The van der Waals surface area contributed by atoms with Gasteiger partial charge in [-0.25, -0.2) is 0 Å². The predicted molar refractivity (Wildman–Crippen MR) is 69.3 cm³/mol. The van der Waals surface area contributed by atoms with Crippen molar-refractivity contribution in [2.24, 2.45) is 0 Å². The number of ether oxygens (including phenoxy) is 3. The van der Waals surface area contributed by atoms with Gasteiger partial charge in [0.25, 0.3) is 0 Å². The lowest BCUT2D eigenvalue weighted by Gasteiger charge is -2.18. The Morgan fingerprint density at radius 3 is 2.72 bits per heavy atom. The Labute approximate surface area is 107 Å². The van der Waals surface area contributed by atoms with Crippen LogP contribution < -0.4 is 14.4 Å². The van der Waals surface area contributed by atoms with Gasteiger partial charge in [-0.15, -0.1) is 0 Å². The van der Waals surface area contributed by atoms with Crippen molar-refractivity contribution in [1.29, 1.82) is 0 Å². The fourth-order valence-electron chi connectivity index (χ4n) is 2.00. The molecular weight excluding hydrogens is 232 g/mol. The summed E-state index contributed by atoms with van der Waals surface area (Å²) in [6.45, 7) is 1.59. The number of rotatable bonds is 5. The second-order valence-corrected chi connectivity index (χ2v) is 4.05. The van der Waals surface area contributed by atoms with Crippen LogP contribution in [-0.2, 0) is 4.74 Å². The normalized spacial score (nSPS) is 14.6. The molecule has 1 aliphatic heterocycles. The summed E-state index contributed by atoms with van der Waals surface area (Å²) in [7, 11) is 4.91. The van der Waals surface area contributed by atoms with Crippen LogP contribution >= 0.6 is 0 Å². The second-order valence-electron chi connectivity index (χ2n) is 4.05. The molecule has 0 N–H and O–H groups in total. The molecule has 1 aliphatic rings. The monoisotopic (exact) mass is 250 g/mol. The predicted octanol–water partition coefficient (Wildman–Crippen LogP) is 1.84. The highest BCUT2D eigenvalue weighted by Gasteiger charge is 2.18. The SMILES string of the molecule is COCC1=CN(c2ccc(OC)nc2OC)CC1. The van der Waals surface area contributed by atoms with Crippen molar-refractivity contribution in [1.82, 2.24) is 4.98 Å². The number of nitrogens with zero attached hydrogens (tertiary/aromatic N) is 2. The zero-order valence-corrected chi connectivity index (χ0v) is 11.0. The molecule has 0 aromatic carbocycles. The molecule has 0 aliphatic carbocycles. The van der Waals surface area contributed by atoms with Crippen LogP contribution in [0.25, 0.3) is 0 Å². The van der Waals surface area contributed by atoms with E-state index >= 15 is 0 Å². The van der Waals surface area contributed by atoms with Gasteiger partial charge in [-0.2, -0.15) is 4.98 Å². The van der Waals surface area contributed by atoms with E-state index in [1.807, 2.05) is 12.1 Å². The Hall–Kier alpha value is -1.75. The Kier molecular flexibility index (Phi) is 4.04. The summed E-state index contributed by atoms with van der Waals surface area (Å²) in [5.41, 5.74) is 2.22. The van der Waals surface area contributed by atoms with Crippen molar-refractivity contribution in [3.63, 3.8) is 0 Å². The minimum absolute atomic E-state index is 0.552. The van der Waals surface area contributed by atoms with Crippen LogP contribution in [0.3, 0.4) is 0 Å². The van der Waals surface area contributed by atoms with Crippen LogP contribution in [0.2, 0.25) is 0 Å². The molecule has 0 radical (unpaired) electrons. The van der Waals surface area contributed by atoms with E-state index in [1.54, 1.807) is 21.3 Å². The van der Waals surface area contributed by atoms with Crippen molar-refractivity contribution in [2.45, 2.75) is 6.42 Å². The molecule has 0 unspecified atom stereocenters. The molecule has 2 heterocycles. The lowest BCUT2D eigenvalue weighted by molar-refractivity contribution is 0.224. The van der Waals surface area contributed by atoms with Crippen LogP contribution in [0.15, 0.2) is 23.9 Å². The molecule has 0 saturated heterocycles. The van der Waals surface area contributed by atoms with Crippen molar-refractivity contribution < 1.29 is 14.2 Å². The third-order valence-electron chi connectivity index (χ3n) is 2.87. The Bertz CT molecular complexity index is 446. The largest absolute Gasteiger partial charge is 0.481 e. The first kappa shape index (κ1) is 12.7. The smallest absolute Gasteiger partial charge is 0.240 e. The van der Waals surface area contributed by atoms with E-state index in [4.69, 9.17) is 14.2 Å². The van der Waals surface area contributed by atoms with Gasteiger partial charge in [0.05, 0.1) is 20.8 Å². The van der Waals surface area contributed by atoms with Crippen molar-refractivity contribution in [2.75, 3.05) is 39.4 Å². The zero-order valence-electron chi connectivity index (χ0n) is 11.0. The average Bonchev–Trinajstić information content (AvgIpc) is 2.87. The zero-order chi connectivity index (χ0) is 13.0. The number of aromatic nitrogens is 1. The maximum Gasteiger partial charge on any atom is 0.240 e. The van der Waals surface area contributed by atoms with Crippen LogP contribution in [0.5, 0.6) is 11.8 Å². The molecule has 0 atom stereocenters.